The predicted octanol–water partition coefficient (Wildman–Crippen LogP) is 8.31. The normalized spacial score (nSPS) is 17.4. The first-order valence-corrected chi connectivity index (χ1v) is 19.9. The molecule has 3 atom stereocenters. The average molecular weight is 797 g/mol. The van der Waals surface area contributed by atoms with Crippen molar-refractivity contribution in [2.75, 3.05) is 13.2 Å². The average Bonchev–Trinajstić information content (AvgIpc) is 3.62. The van der Waals surface area contributed by atoms with Gasteiger partial charge in [0.2, 0.25) is 0 Å². The quantitative estimate of drug-likeness (QED) is 0.0670. The van der Waals surface area contributed by atoms with Gasteiger partial charge in [0.1, 0.15) is 23.4 Å². The van der Waals surface area contributed by atoms with Gasteiger partial charge in [-0.25, -0.2) is 9.59 Å². The summed E-state index contributed by atoms with van der Waals surface area (Å²) in [5, 5.41) is 0. The molecule has 9 heteroatoms. The van der Waals surface area contributed by atoms with E-state index in [4.69, 9.17) is 18.9 Å². The Morgan fingerprint density at radius 1 is 0.617 bits per heavy atom. The van der Waals surface area contributed by atoms with Crippen LogP contribution in [0.5, 0.6) is 0 Å². The second-order valence-electron chi connectivity index (χ2n) is 14.3. The first-order chi connectivity index (χ1) is 29.4. The van der Waals surface area contributed by atoms with Crippen LogP contribution in [0.3, 0.4) is 0 Å². The molecule has 0 unspecified atom stereocenters. The molecule has 0 aliphatic carbocycles. The van der Waals surface area contributed by atoms with Crippen LogP contribution in [0.2, 0.25) is 0 Å². The molecule has 0 spiro atoms. The Bertz CT molecular complexity index is 2440. The Morgan fingerprint density at radius 3 is 1.40 bits per heavy atom. The molecule has 2 heterocycles. The van der Waals surface area contributed by atoms with Gasteiger partial charge < -0.3 is 18.9 Å². The minimum absolute atomic E-state index is 0.104. The number of H-pyrrole nitrogens is 1. The van der Waals surface area contributed by atoms with Crippen molar-refractivity contribution in [3.8, 4) is 0 Å². The molecule has 1 aliphatic heterocycles. The van der Waals surface area contributed by atoms with Crippen molar-refractivity contribution < 1.29 is 23.7 Å². The van der Waals surface area contributed by atoms with Gasteiger partial charge in [-0.2, -0.15) is 0 Å². The van der Waals surface area contributed by atoms with Crippen LogP contribution < -0.4 is 11.2 Å². The molecule has 1 N–H and O–H groups in total. The van der Waals surface area contributed by atoms with Crippen molar-refractivity contribution in [1.29, 1.82) is 0 Å². The van der Waals surface area contributed by atoms with E-state index in [2.05, 4.69) is 4.98 Å². The summed E-state index contributed by atoms with van der Waals surface area (Å²) in [6.07, 6.45) is -0.533. The number of aromatic amines is 1. The van der Waals surface area contributed by atoms with Gasteiger partial charge in [0.05, 0.1) is 13.2 Å². The molecule has 6 aromatic carbocycles. The van der Waals surface area contributed by atoms with Crippen LogP contribution in [0, 0.1) is 0 Å². The van der Waals surface area contributed by atoms with E-state index >= 15 is 0 Å². The van der Waals surface area contributed by atoms with Crippen molar-refractivity contribution in [1.82, 2.24) is 9.55 Å². The summed E-state index contributed by atoms with van der Waals surface area (Å²) in [4.78, 5) is 42.3. The molecular weight excluding hydrogens is 753 g/mol. The molecule has 0 amide bonds. The lowest BCUT2D eigenvalue weighted by atomic mass is 9.79. The molecule has 1 aliphatic rings. The second-order valence-corrected chi connectivity index (χ2v) is 14.3. The minimum Gasteiger partial charge on any atom is -0.463 e. The standard InChI is InChI=1S/C51H44N2O7/c1-2-57-46(55)35-43-44(36-58-50(37-21-9-3-10-22-37,38-23-11-4-12-24-38)39-25-13-5-14-26-39)59-48(53-34-33-45(54)52-49(53)56)47(43)60-51(40-27-15-6-16-28-40,41-29-17-7-18-30-41)42-31-19-8-20-32-42/h3-35,44,47-48H,2,36H2,1H3,(H,52,54,56)/b43-35+/t44-,47-,48-/m1/s1. The fraction of sp³-hybridized carbons (Fsp3) is 0.157. The lowest BCUT2D eigenvalue weighted by Crippen LogP contribution is -2.42. The first kappa shape index (κ1) is 39.9. The van der Waals surface area contributed by atoms with E-state index in [-0.39, 0.29) is 13.2 Å². The summed E-state index contributed by atoms with van der Waals surface area (Å²) in [5.41, 5.74) is 1.63. The molecule has 8 rings (SSSR count). The molecule has 9 nitrogen and oxygen atoms in total. The Kier molecular flexibility index (Phi) is 11.9. The molecule has 0 saturated carbocycles. The molecule has 0 radical (unpaired) electrons. The smallest absolute Gasteiger partial charge is 0.330 e. The van der Waals surface area contributed by atoms with Crippen LogP contribution >= 0.6 is 0 Å². The maximum atomic E-state index is 13.8. The molecule has 1 saturated heterocycles. The summed E-state index contributed by atoms with van der Waals surface area (Å²) in [6, 6.07) is 60.4. The molecule has 1 aromatic heterocycles. The second kappa shape index (κ2) is 17.9. The monoisotopic (exact) mass is 796 g/mol. The van der Waals surface area contributed by atoms with E-state index in [0.717, 1.165) is 33.4 Å². The third kappa shape index (κ3) is 7.81. The van der Waals surface area contributed by atoms with Crippen LogP contribution in [-0.2, 0) is 34.9 Å². The van der Waals surface area contributed by atoms with Crippen molar-refractivity contribution in [2.45, 2.75) is 36.6 Å². The largest absolute Gasteiger partial charge is 0.463 e. The minimum atomic E-state index is -1.31. The third-order valence-electron chi connectivity index (χ3n) is 10.8. The molecular formula is C51H44N2O7. The van der Waals surface area contributed by atoms with Gasteiger partial charge in [-0.15, -0.1) is 0 Å². The highest BCUT2D eigenvalue weighted by Gasteiger charge is 2.50. The molecule has 0 bridgehead atoms. The number of nitrogens with one attached hydrogen (secondary N) is 1. The zero-order valence-corrected chi connectivity index (χ0v) is 33.0. The van der Waals surface area contributed by atoms with Crippen molar-refractivity contribution in [3.05, 3.63) is 260 Å². The summed E-state index contributed by atoms with van der Waals surface area (Å²) in [7, 11) is 0. The fourth-order valence-corrected chi connectivity index (χ4v) is 8.14. The summed E-state index contributed by atoms with van der Waals surface area (Å²) in [5.74, 6) is -0.616. The number of hydrogen-bond acceptors (Lipinski definition) is 7. The van der Waals surface area contributed by atoms with Crippen LogP contribution in [0.25, 0.3) is 0 Å². The van der Waals surface area contributed by atoms with Crippen molar-refractivity contribution >= 4 is 5.97 Å². The number of hydrogen-bond donors (Lipinski definition) is 1. The lowest BCUT2D eigenvalue weighted by Gasteiger charge is -2.39. The highest BCUT2D eigenvalue weighted by atomic mass is 16.6. The van der Waals surface area contributed by atoms with Crippen LogP contribution in [-0.4, -0.2) is 40.9 Å². The van der Waals surface area contributed by atoms with Gasteiger partial charge in [0.25, 0.3) is 5.56 Å². The molecule has 300 valence electrons. The van der Waals surface area contributed by atoms with Crippen molar-refractivity contribution in [3.63, 3.8) is 0 Å². The number of ether oxygens (including phenoxy) is 4. The first-order valence-electron chi connectivity index (χ1n) is 19.9. The summed E-state index contributed by atoms with van der Waals surface area (Å²) >= 11 is 0. The maximum absolute atomic E-state index is 13.8. The van der Waals surface area contributed by atoms with Crippen LogP contribution in [0.1, 0.15) is 46.5 Å². The Hall–Kier alpha value is -6.91. The van der Waals surface area contributed by atoms with Crippen molar-refractivity contribution in [2.24, 2.45) is 0 Å². The SMILES string of the molecule is CCOC(=O)/C=C1/[C@@H](OC(c2ccccc2)(c2ccccc2)c2ccccc2)[C@H](n2ccc(=O)[nH]c2=O)O[C@@H]1COC(c1ccccc1)(c1ccccc1)c1ccccc1. The maximum Gasteiger partial charge on any atom is 0.330 e. The fourth-order valence-electron chi connectivity index (χ4n) is 8.14. The number of carbonyl (C=O) groups excluding carboxylic acids is 1. The highest BCUT2D eigenvalue weighted by molar-refractivity contribution is 5.83. The van der Waals surface area contributed by atoms with E-state index in [1.165, 1.54) is 22.9 Å². The van der Waals surface area contributed by atoms with E-state index in [0.29, 0.717) is 5.57 Å². The molecule has 60 heavy (non-hydrogen) atoms. The van der Waals surface area contributed by atoms with Gasteiger partial charge in [-0.05, 0) is 40.3 Å². The van der Waals surface area contributed by atoms with Crippen LogP contribution in [0.15, 0.2) is 215 Å². The van der Waals surface area contributed by atoms with Gasteiger partial charge in [0, 0.05) is 23.9 Å². The van der Waals surface area contributed by atoms with Gasteiger partial charge >= 0.3 is 11.7 Å². The highest BCUT2D eigenvalue weighted by Crippen LogP contribution is 2.48. The van der Waals surface area contributed by atoms with E-state index in [1.54, 1.807) is 6.92 Å². The zero-order valence-electron chi connectivity index (χ0n) is 33.0. The number of rotatable bonds is 14. The Labute approximate surface area is 348 Å². The van der Waals surface area contributed by atoms with Gasteiger partial charge in [-0.3, -0.25) is 14.3 Å². The number of carbonyl (C=O) groups is 1. The molecule has 7 aromatic rings. The van der Waals surface area contributed by atoms with Gasteiger partial charge in [-0.1, -0.05) is 182 Å². The summed E-state index contributed by atoms with van der Waals surface area (Å²) in [6.45, 7) is 1.76. The Balaban J connectivity index is 1.34. The summed E-state index contributed by atoms with van der Waals surface area (Å²) < 4.78 is 28.7. The van der Waals surface area contributed by atoms with Crippen LogP contribution in [0.4, 0.5) is 0 Å². The number of nitrogens with zero attached hydrogens (tertiary/aromatic N) is 1. The van der Waals surface area contributed by atoms with Gasteiger partial charge in [0.15, 0.2) is 6.23 Å². The number of benzene rings is 6. The number of aromatic nitrogens is 2. The zero-order chi connectivity index (χ0) is 41.4. The predicted molar refractivity (Wildman–Crippen MR) is 229 cm³/mol. The number of esters is 1. The Morgan fingerprint density at radius 2 is 1.02 bits per heavy atom. The van der Waals surface area contributed by atoms with E-state index < -0.39 is 46.9 Å². The lowest BCUT2D eigenvalue weighted by molar-refractivity contribution is -0.137. The third-order valence-corrected chi connectivity index (χ3v) is 10.8. The van der Waals surface area contributed by atoms with E-state index in [9.17, 15) is 14.4 Å². The molecule has 1 fully saturated rings. The topological polar surface area (TPSA) is 109 Å². The van der Waals surface area contributed by atoms with E-state index in [1.807, 2.05) is 182 Å².